The molecule has 0 aliphatic carbocycles. The highest BCUT2D eigenvalue weighted by molar-refractivity contribution is 5.77. The number of carbonyl (C=O) groups excluding carboxylic acids is 1. The van der Waals surface area contributed by atoms with Crippen LogP contribution in [0.1, 0.15) is 67.2 Å². The highest BCUT2D eigenvalue weighted by Crippen LogP contribution is 2.38. The molecule has 1 N–H and O–H groups in total. The van der Waals surface area contributed by atoms with E-state index in [2.05, 4.69) is 20.2 Å². The summed E-state index contributed by atoms with van der Waals surface area (Å²) in [5.74, 6) is -3.49. The topological polar surface area (TPSA) is 102 Å². The fourth-order valence-electron chi connectivity index (χ4n) is 6.32. The van der Waals surface area contributed by atoms with Crippen LogP contribution in [-0.2, 0) is 17.8 Å². The van der Waals surface area contributed by atoms with Crippen molar-refractivity contribution in [1.82, 2.24) is 34.2 Å². The molecule has 0 bridgehead atoms. The predicted octanol–water partition coefficient (Wildman–Crippen LogP) is 4.61. The number of hydrogen-bond acceptors (Lipinski definition) is 5. The van der Waals surface area contributed by atoms with E-state index < -0.39 is 36.1 Å². The maximum atomic E-state index is 14.7. The smallest absolute Gasteiger partial charge is 0.343 e. The van der Waals surface area contributed by atoms with Gasteiger partial charge in [-0.2, -0.15) is 13.2 Å². The lowest BCUT2D eigenvalue weighted by Crippen LogP contribution is -2.41. The van der Waals surface area contributed by atoms with E-state index in [-0.39, 0.29) is 47.8 Å². The summed E-state index contributed by atoms with van der Waals surface area (Å²) < 4.78 is 71.8. The van der Waals surface area contributed by atoms with E-state index in [1.165, 1.54) is 16.7 Å². The van der Waals surface area contributed by atoms with Crippen molar-refractivity contribution in [2.45, 2.75) is 69.1 Å². The Labute approximate surface area is 236 Å². The Morgan fingerprint density at radius 3 is 2.57 bits per heavy atom. The molecule has 42 heavy (non-hydrogen) atoms. The third-order valence-electron chi connectivity index (χ3n) is 8.36. The first kappa shape index (κ1) is 28.0. The van der Waals surface area contributed by atoms with Gasteiger partial charge in [-0.3, -0.25) is 14.3 Å². The van der Waals surface area contributed by atoms with Gasteiger partial charge in [0.2, 0.25) is 5.91 Å². The lowest BCUT2D eigenvalue weighted by Gasteiger charge is -2.33. The van der Waals surface area contributed by atoms with E-state index in [0.29, 0.717) is 49.9 Å². The monoisotopic (exact) mass is 589 g/mol. The molecular formula is C28H28F5N7O2. The first-order valence-electron chi connectivity index (χ1n) is 13.8. The van der Waals surface area contributed by atoms with Gasteiger partial charge >= 0.3 is 11.9 Å². The van der Waals surface area contributed by atoms with Crippen LogP contribution in [0, 0.1) is 11.6 Å². The number of likely N-dealkylation sites (tertiary alicyclic amines) is 1. The Balaban J connectivity index is 1.20. The van der Waals surface area contributed by atoms with Crippen molar-refractivity contribution in [3.05, 3.63) is 75.9 Å². The minimum Gasteiger partial charge on any atom is -0.343 e. The zero-order valence-corrected chi connectivity index (χ0v) is 22.4. The number of piperidine rings is 1. The van der Waals surface area contributed by atoms with E-state index >= 15 is 0 Å². The highest BCUT2D eigenvalue weighted by atomic mass is 19.4. The minimum atomic E-state index is -4.55. The first-order valence-corrected chi connectivity index (χ1v) is 13.8. The van der Waals surface area contributed by atoms with E-state index in [1.54, 1.807) is 21.7 Å². The number of fused-ring (bicyclic) bond motifs is 2. The summed E-state index contributed by atoms with van der Waals surface area (Å²) >= 11 is 0. The van der Waals surface area contributed by atoms with Crippen LogP contribution in [0.25, 0.3) is 11.2 Å². The number of pyridine rings is 1. The quantitative estimate of drug-likeness (QED) is 0.343. The van der Waals surface area contributed by atoms with Crippen LogP contribution >= 0.6 is 0 Å². The molecule has 0 spiro atoms. The summed E-state index contributed by atoms with van der Waals surface area (Å²) in [6.07, 6.45) is -2.53. The van der Waals surface area contributed by atoms with Crippen LogP contribution in [-0.4, -0.2) is 59.4 Å². The van der Waals surface area contributed by atoms with Gasteiger partial charge in [-0.05, 0) is 49.4 Å². The number of H-pyrrole nitrogens is 1. The lowest BCUT2D eigenvalue weighted by molar-refractivity contribution is -0.133. The van der Waals surface area contributed by atoms with Crippen molar-refractivity contribution >= 4 is 17.1 Å². The number of rotatable bonds is 5. The number of benzene rings is 1. The van der Waals surface area contributed by atoms with Crippen LogP contribution in [0.2, 0.25) is 0 Å². The van der Waals surface area contributed by atoms with Crippen molar-refractivity contribution in [3.63, 3.8) is 0 Å². The lowest BCUT2D eigenvalue weighted by atomic mass is 9.89. The number of aromatic nitrogens is 6. The standard InChI is InChI=1S/C28H28F5N7O2/c29-20-4-1-3-19(24(20)30)17-7-6-16(26-37-36-22(39(26)15-17)14-28(31,32)33)13-23(41)38-11-8-18(9-12-38)40-21-5-2-10-34-25(21)35-27(40)42/h1-5,10,16-18H,6-9,11-15H2,(H,34,35,42)/t16-,17-/m0/s1. The Hall–Kier alpha value is -4.10. The number of nitrogens with zero attached hydrogens (tertiary/aromatic N) is 6. The molecule has 1 fully saturated rings. The fraction of sp³-hybridized carbons (Fsp3) is 0.464. The Kier molecular flexibility index (Phi) is 7.31. The van der Waals surface area contributed by atoms with Crippen molar-refractivity contribution in [3.8, 4) is 0 Å². The zero-order valence-electron chi connectivity index (χ0n) is 22.4. The van der Waals surface area contributed by atoms with Gasteiger partial charge in [-0.1, -0.05) is 12.1 Å². The third-order valence-corrected chi connectivity index (χ3v) is 8.36. The second kappa shape index (κ2) is 11.0. The van der Waals surface area contributed by atoms with E-state index in [1.807, 2.05) is 6.07 Å². The molecule has 14 heteroatoms. The minimum absolute atomic E-state index is 0.00980. The third kappa shape index (κ3) is 5.41. The molecule has 0 radical (unpaired) electrons. The van der Waals surface area contributed by atoms with Gasteiger partial charge in [0.1, 0.15) is 18.1 Å². The maximum absolute atomic E-state index is 14.7. The van der Waals surface area contributed by atoms with Crippen LogP contribution in [0.3, 0.4) is 0 Å². The molecular weight excluding hydrogens is 561 g/mol. The average Bonchev–Trinajstić information content (AvgIpc) is 3.43. The number of alkyl halides is 3. The Bertz CT molecular complexity index is 1670. The summed E-state index contributed by atoms with van der Waals surface area (Å²) in [4.78, 5) is 34.7. The van der Waals surface area contributed by atoms with Crippen molar-refractivity contribution < 1.29 is 26.7 Å². The van der Waals surface area contributed by atoms with Gasteiger partial charge in [0, 0.05) is 50.1 Å². The molecule has 2 aliphatic heterocycles. The molecule has 3 aromatic heterocycles. The number of hydrogen-bond donors (Lipinski definition) is 1. The van der Waals surface area contributed by atoms with Crippen molar-refractivity contribution in [2.24, 2.45) is 0 Å². The number of imidazole rings is 1. The highest BCUT2D eigenvalue weighted by Gasteiger charge is 2.37. The van der Waals surface area contributed by atoms with Crippen molar-refractivity contribution in [2.75, 3.05) is 13.1 Å². The molecule has 1 aromatic carbocycles. The number of carbonyl (C=O) groups is 1. The largest absolute Gasteiger partial charge is 0.396 e. The molecule has 0 saturated carbocycles. The van der Waals surface area contributed by atoms with Gasteiger partial charge in [0.15, 0.2) is 17.3 Å². The molecule has 6 rings (SSSR count). The summed E-state index contributed by atoms with van der Waals surface area (Å²) in [6, 6.07) is 7.24. The second-order valence-electron chi connectivity index (χ2n) is 11.0. The van der Waals surface area contributed by atoms with Gasteiger partial charge in [-0.15, -0.1) is 10.2 Å². The van der Waals surface area contributed by atoms with Crippen molar-refractivity contribution in [1.29, 1.82) is 0 Å². The van der Waals surface area contributed by atoms with E-state index in [0.717, 1.165) is 6.07 Å². The molecule has 222 valence electrons. The molecule has 9 nitrogen and oxygen atoms in total. The van der Waals surface area contributed by atoms with Crippen LogP contribution < -0.4 is 5.69 Å². The fourth-order valence-corrected chi connectivity index (χ4v) is 6.32. The maximum Gasteiger partial charge on any atom is 0.396 e. The normalized spacial score (nSPS) is 20.1. The second-order valence-corrected chi connectivity index (χ2v) is 11.0. The molecule has 1 saturated heterocycles. The Morgan fingerprint density at radius 2 is 1.81 bits per heavy atom. The number of nitrogens with one attached hydrogen (secondary N) is 1. The van der Waals surface area contributed by atoms with Crippen LogP contribution in [0.15, 0.2) is 41.3 Å². The molecule has 2 atom stereocenters. The molecule has 1 amide bonds. The summed E-state index contributed by atoms with van der Waals surface area (Å²) in [5.41, 5.74) is 1.01. The van der Waals surface area contributed by atoms with Crippen LogP contribution in [0.5, 0.6) is 0 Å². The summed E-state index contributed by atoms with van der Waals surface area (Å²) in [7, 11) is 0. The molecule has 0 unspecified atom stereocenters. The van der Waals surface area contributed by atoms with Gasteiger partial charge in [-0.25, -0.2) is 18.6 Å². The van der Waals surface area contributed by atoms with Crippen LogP contribution in [0.4, 0.5) is 22.0 Å². The van der Waals surface area contributed by atoms with Gasteiger partial charge < -0.3 is 9.47 Å². The Morgan fingerprint density at radius 1 is 1.02 bits per heavy atom. The molecule has 2 aliphatic rings. The molecule has 4 aromatic rings. The number of halogens is 5. The SMILES string of the molecule is O=C(C[C@@H]1CC[C@H](c2cccc(F)c2F)Cn2c(CC(F)(F)F)nnc21)N1CCC(n2c(=O)[nH]c3ncccc32)CC1. The number of aromatic amines is 1. The summed E-state index contributed by atoms with van der Waals surface area (Å²) in [6.45, 7) is 0.746. The van der Waals surface area contributed by atoms with Gasteiger partial charge in [0.05, 0.1) is 5.52 Å². The zero-order chi connectivity index (χ0) is 29.6. The summed E-state index contributed by atoms with van der Waals surface area (Å²) in [5, 5.41) is 7.85. The number of amides is 1. The van der Waals surface area contributed by atoms with Gasteiger partial charge in [0.25, 0.3) is 0 Å². The predicted molar refractivity (Wildman–Crippen MR) is 141 cm³/mol. The van der Waals surface area contributed by atoms with E-state index in [9.17, 15) is 31.5 Å². The molecule has 5 heterocycles. The average molecular weight is 590 g/mol. The van der Waals surface area contributed by atoms with E-state index in [4.69, 9.17) is 0 Å². The first-order chi connectivity index (χ1) is 20.1.